The summed E-state index contributed by atoms with van der Waals surface area (Å²) in [6.07, 6.45) is 2.92. The Morgan fingerprint density at radius 1 is 1.11 bits per heavy atom. The van der Waals surface area contributed by atoms with E-state index in [9.17, 15) is 0 Å². The Morgan fingerprint density at radius 3 is 2.17 bits per heavy atom. The molecule has 106 valence electrons. The van der Waals surface area contributed by atoms with Crippen LogP contribution in [0.25, 0.3) is 0 Å². The van der Waals surface area contributed by atoms with Gasteiger partial charge < -0.3 is 9.16 Å². The molecule has 1 aliphatic carbocycles. The largest absolute Gasteiger partial charge is 0.408 e. The minimum Gasteiger partial charge on any atom is -0.408 e. The maximum atomic E-state index is 6.90. The van der Waals surface area contributed by atoms with Gasteiger partial charge in [0.15, 0.2) is 8.32 Å². The molecular weight excluding hydrogens is 240 g/mol. The first kappa shape index (κ1) is 14.5. The zero-order chi connectivity index (χ0) is 13.6. The highest BCUT2D eigenvalue weighted by molar-refractivity contribution is 6.73. The number of fused-ring (bicyclic) bond motifs is 1. The highest BCUT2D eigenvalue weighted by atomic mass is 28.4. The molecule has 1 saturated heterocycles. The normalized spacial score (nSPS) is 43.7. The van der Waals surface area contributed by atoms with Crippen molar-refractivity contribution in [3.05, 3.63) is 0 Å². The number of ether oxygens (including phenoxy) is 1. The van der Waals surface area contributed by atoms with Gasteiger partial charge in [-0.3, -0.25) is 0 Å². The van der Waals surface area contributed by atoms with Crippen LogP contribution in [-0.2, 0) is 9.16 Å². The lowest BCUT2D eigenvalue weighted by atomic mass is 9.71. The Morgan fingerprint density at radius 2 is 1.67 bits per heavy atom. The van der Waals surface area contributed by atoms with Gasteiger partial charge in [0.25, 0.3) is 0 Å². The molecule has 0 radical (unpaired) electrons. The van der Waals surface area contributed by atoms with Crippen molar-refractivity contribution >= 4 is 8.32 Å². The van der Waals surface area contributed by atoms with Gasteiger partial charge in [0, 0.05) is 0 Å². The molecule has 4 atom stereocenters. The summed E-state index contributed by atoms with van der Waals surface area (Å²) in [7, 11) is -1.56. The molecule has 0 bridgehead atoms. The average Bonchev–Trinajstić information content (AvgIpc) is 3.06. The Labute approximate surface area is 114 Å². The molecule has 1 aliphatic heterocycles. The van der Waals surface area contributed by atoms with Crippen molar-refractivity contribution in [2.45, 2.75) is 89.8 Å². The Bertz CT molecular complexity index is 307. The van der Waals surface area contributed by atoms with Gasteiger partial charge in [0.05, 0.1) is 11.7 Å². The van der Waals surface area contributed by atoms with Crippen LogP contribution in [0.1, 0.15) is 54.4 Å². The van der Waals surface area contributed by atoms with E-state index in [1.165, 1.54) is 31.0 Å². The SMILES string of the molecule is CC[Si](CC)(CC)O[C@]1(C)[C@H](C)CC[C@@H]2O[C@@]21C. The van der Waals surface area contributed by atoms with Crippen molar-refractivity contribution in [3.63, 3.8) is 0 Å². The number of rotatable bonds is 5. The Balaban J connectivity index is 2.24. The lowest BCUT2D eigenvalue weighted by Gasteiger charge is -2.48. The van der Waals surface area contributed by atoms with Gasteiger partial charge in [-0.05, 0) is 50.7 Å². The molecule has 2 nitrogen and oxygen atoms in total. The average molecular weight is 270 g/mol. The van der Waals surface area contributed by atoms with E-state index in [4.69, 9.17) is 9.16 Å². The van der Waals surface area contributed by atoms with Crippen molar-refractivity contribution in [1.82, 2.24) is 0 Å². The first-order chi connectivity index (χ1) is 8.37. The van der Waals surface area contributed by atoms with Crippen molar-refractivity contribution in [1.29, 1.82) is 0 Å². The van der Waals surface area contributed by atoms with Crippen molar-refractivity contribution in [2.24, 2.45) is 5.92 Å². The van der Waals surface area contributed by atoms with E-state index < -0.39 is 8.32 Å². The first-order valence-corrected chi connectivity index (χ1v) is 10.3. The van der Waals surface area contributed by atoms with Gasteiger partial charge in [-0.25, -0.2) is 0 Å². The lowest BCUT2D eigenvalue weighted by molar-refractivity contribution is -0.0507. The van der Waals surface area contributed by atoms with Crippen LogP contribution in [0.2, 0.25) is 18.1 Å². The van der Waals surface area contributed by atoms with E-state index in [2.05, 4.69) is 41.5 Å². The van der Waals surface area contributed by atoms with Gasteiger partial charge in [0.1, 0.15) is 5.60 Å². The summed E-state index contributed by atoms with van der Waals surface area (Å²) in [5.41, 5.74) is -0.0768. The zero-order valence-corrected chi connectivity index (χ0v) is 14.0. The monoisotopic (exact) mass is 270 g/mol. The molecule has 0 N–H and O–H groups in total. The molecule has 0 unspecified atom stereocenters. The quantitative estimate of drug-likeness (QED) is 0.547. The fourth-order valence-electron chi connectivity index (χ4n) is 3.82. The van der Waals surface area contributed by atoms with Crippen molar-refractivity contribution in [3.8, 4) is 0 Å². The summed E-state index contributed by atoms with van der Waals surface area (Å²) in [6, 6.07) is 3.68. The van der Waals surface area contributed by atoms with E-state index in [-0.39, 0.29) is 11.2 Å². The van der Waals surface area contributed by atoms with Crippen LogP contribution in [-0.4, -0.2) is 25.6 Å². The second-order valence-electron chi connectivity index (χ2n) is 6.64. The number of hydrogen-bond donors (Lipinski definition) is 0. The van der Waals surface area contributed by atoms with E-state index in [0.717, 1.165) is 0 Å². The van der Waals surface area contributed by atoms with Crippen LogP contribution < -0.4 is 0 Å². The molecule has 0 aromatic heterocycles. The molecule has 2 aliphatic rings. The summed E-state index contributed by atoms with van der Waals surface area (Å²) in [5, 5.41) is 0. The standard InChI is InChI=1S/C15H30O2Si/c1-7-18(8-2,9-3)17-14(5)12(4)10-11-13-15(14,6)16-13/h12-13H,7-11H2,1-6H3/t12-,13+,14-,15+/m1/s1. The maximum Gasteiger partial charge on any atom is 0.192 e. The molecule has 3 heteroatoms. The molecule has 2 fully saturated rings. The van der Waals surface area contributed by atoms with Crippen LogP contribution in [0.3, 0.4) is 0 Å². The smallest absolute Gasteiger partial charge is 0.192 e. The summed E-state index contributed by atoms with van der Waals surface area (Å²) in [5.74, 6) is 0.609. The summed E-state index contributed by atoms with van der Waals surface area (Å²) >= 11 is 0. The molecule has 18 heavy (non-hydrogen) atoms. The van der Waals surface area contributed by atoms with Gasteiger partial charge in [-0.2, -0.15) is 0 Å². The molecule has 0 amide bonds. The van der Waals surface area contributed by atoms with Crippen LogP contribution in [0.15, 0.2) is 0 Å². The third kappa shape index (κ3) is 1.90. The molecule has 0 aromatic carbocycles. The lowest BCUT2D eigenvalue weighted by Crippen LogP contribution is -2.58. The fourth-order valence-corrected chi connectivity index (χ4v) is 7.05. The minimum atomic E-state index is -1.56. The predicted molar refractivity (Wildman–Crippen MR) is 78.4 cm³/mol. The van der Waals surface area contributed by atoms with E-state index in [1.807, 2.05) is 0 Å². The van der Waals surface area contributed by atoms with Crippen LogP contribution in [0.5, 0.6) is 0 Å². The topological polar surface area (TPSA) is 21.8 Å². The Kier molecular flexibility index (Phi) is 3.72. The second kappa shape index (κ2) is 4.60. The van der Waals surface area contributed by atoms with E-state index in [1.54, 1.807) is 0 Å². The van der Waals surface area contributed by atoms with Crippen LogP contribution in [0, 0.1) is 5.92 Å². The highest BCUT2D eigenvalue weighted by Gasteiger charge is 2.69. The van der Waals surface area contributed by atoms with Crippen LogP contribution >= 0.6 is 0 Å². The third-order valence-electron chi connectivity index (χ3n) is 6.09. The van der Waals surface area contributed by atoms with Gasteiger partial charge in [-0.15, -0.1) is 0 Å². The second-order valence-corrected chi connectivity index (χ2v) is 11.3. The highest BCUT2D eigenvalue weighted by Crippen LogP contribution is 2.58. The minimum absolute atomic E-state index is 0.0115. The number of hydrogen-bond acceptors (Lipinski definition) is 2. The molecule has 2 rings (SSSR count). The maximum absolute atomic E-state index is 6.90. The van der Waals surface area contributed by atoms with Gasteiger partial charge in [0.2, 0.25) is 0 Å². The van der Waals surface area contributed by atoms with Crippen molar-refractivity contribution in [2.75, 3.05) is 0 Å². The van der Waals surface area contributed by atoms with Crippen LogP contribution in [0.4, 0.5) is 0 Å². The summed E-state index contributed by atoms with van der Waals surface area (Å²) < 4.78 is 12.9. The Hall–Kier alpha value is 0.137. The molecule has 0 spiro atoms. The molecular formula is C15H30O2Si. The van der Waals surface area contributed by atoms with Gasteiger partial charge in [-0.1, -0.05) is 27.7 Å². The summed E-state index contributed by atoms with van der Waals surface area (Å²) in [4.78, 5) is 0. The molecule has 0 aromatic rings. The zero-order valence-electron chi connectivity index (χ0n) is 13.0. The van der Waals surface area contributed by atoms with Crippen molar-refractivity contribution < 1.29 is 9.16 Å². The fraction of sp³-hybridized carbons (Fsp3) is 1.00. The predicted octanol–water partition coefficient (Wildman–Crippen LogP) is 4.35. The van der Waals surface area contributed by atoms with Gasteiger partial charge >= 0.3 is 0 Å². The number of epoxide rings is 1. The van der Waals surface area contributed by atoms with E-state index in [0.29, 0.717) is 12.0 Å². The van der Waals surface area contributed by atoms with E-state index >= 15 is 0 Å². The summed E-state index contributed by atoms with van der Waals surface area (Å²) in [6.45, 7) is 13.9. The third-order valence-corrected chi connectivity index (χ3v) is 10.8. The molecule has 1 saturated carbocycles. The molecule has 1 heterocycles. The first-order valence-electron chi connectivity index (χ1n) is 7.75.